The van der Waals surface area contributed by atoms with E-state index in [2.05, 4.69) is 20.9 Å². The lowest BCUT2D eigenvalue weighted by molar-refractivity contribution is -0.121. The van der Waals surface area contributed by atoms with Gasteiger partial charge in [-0.2, -0.15) is 0 Å². The SMILES string of the molecule is CCNC(=NCC(=O)NC(C)(C)C)NCCCc1ccccc1Cl.I. The zero-order chi connectivity index (χ0) is 18.0. The third-order valence-corrected chi connectivity index (χ3v) is 3.48. The summed E-state index contributed by atoms with van der Waals surface area (Å²) in [6, 6.07) is 7.87. The number of hydrogen-bond acceptors (Lipinski definition) is 2. The van der Waals surface area contributed by atoms with E-state index in [0.29, 0.717) is 5.96 Å². The van der Waals surface area contributed by atoms with Gasteiger partial charge in [-0.15, -0.1) is 24.0 Å². The molecule has 25 heavy (non-hydrogen) atoms. The van der Waals surface area contributed by atoms with Crippen LogP contribution < -0.4 is 16.0 Å². The molecule has 0 atom stereocenters. The van der Waals surface area contributed by atoms with Crippen LogP contribution in [0.5, 0.6) is 0 Å². The minimum absolute atomic E-state index is 0. The molecule has 0 bridgehead atoms. The highest BCUT2D eigenvalue weighted by atomic mass is 127. The molecule has 1 aromatic rings. The number of guanidine groups is 1. The molecule has 0 aliphatic heterocycles. The Morgan fingerprint density at radius 1 is 1.20 bits per heavy atom. The third-order valence-electron chi connectivity index (χ3n) is 3.11. The molecule has 0 heterocycles. The van der Waals surface area contributed by atoms with Gasteiger partial charge in [0, 0.05) is 23.7 Å². The summed E-state index contributed by atoms with van der Waals surface area (Å²) in [5.41, 5.74) is 0.903. The average Bonchev–Trinajstić information content (AvgIpc) is 2.49. The second kappa shape index (κ2) is 12.4. The van der Waals surface area contributed by atoms with Crippen LogP contribution in [0.4, 0.5) is 0 Å². The number of nitrogens with zero attached hydrogens (tertiary/aromatic N) is 1. The second-order valence-corrected chi connectivity index (χ2v) is 7.02. The van der Waals surface area contributed by atoms with E-state index in [1.54, 1.807) is 0 Å². The summed E-state index contributed by atoms with van der Waals surface area (Å²) in [6.45, 7) is 9.47. The molecule has 0 aromatic heterocycles. The summed E-state index contributed by atoms with van der Waals surface area (Å²) in [5.74, 6) is 0.566. The van der Waals surface area contributed by atoms with E-state index in [1.165, 1.54) is 0 Å². The van der Waals surface area contributed by atoms with Gasteiger partial charge >= 0.3 is 0 Å². The van der Waals surface area contributed by atoms with Crippen molar-refractivity contribution in [1.82, 2.24) is 16.0 Å². The maximum absolute atomic E-state index is 11.8. The number of aryl methyl sites for hydroxylation is 1. The minimum Gasteiger partial charge on any atom is -0.357 e. The average molecular weight is 481 g/mol. The van der Waals surface area contributed by atoms with Gasteiger partial charge in [0.2, 0.25) is 5.91 Å². The van der Waals surface area contributed by atoms with Crippen molar-refractivity contribution < 1.29 is 4.79 Å². The van der Waals surface area contributed by atoms with E-state index in [1.807, 2.05) is 52.0 Å². The molecule has 1 rings (SSSR count). The minimum atomic E-state index is -0.243. The van der Waals surface area contributed by atoms with Gasteiger partial charge in [-0.25, -0.2) is 4.99 Å². The Morgan fingerprint density at radius 2 is 1.88 bits per heavy atom. The first-order valence-corrected chi connectivity index (χ1v) is 8.76. The second-order valence-electron chi connectivity index (χ2n) is 6.62. The van der Waals surface area contributed by atoms with Crippen LogP contribution in [0, 0.1) is 0 Å². The molecule has 0 saturated carbocycles. The number of halogens is 2. The lowest BCUT2D eigenvalue weighted by atomic mass is 10.1. The standard InChI is InChI=1S/C18H29ClN4O.HI/c1-5-20-17(22-13-16(24)23-18(2,3)4)21-12-8-10-14-9-6-7-11-15(14)19;/h6-7,9,11H,5,8,10,12-13H2,1-4H3,(H,23,24)(H2,20,21,22);1H. The van der Waals surface area contributed by atoms with Gasteiger partial charge in [0.1, 0.15) is 6.54 Å². The molecular formula is C18H30ClIN4O. The Bertz CT molecular complexity index is 558. The fourth-order valence-corrected chi connectivity index (χ4v) is 2.37. The summed E-state index contributed by atoms with van der Waals surface area (Å²) >= 11 is 6.15. The van der Waals surface area contributed by atoms with E-state index in [0.717, 1.165) is 36.5 Å². The zero-order valence-corrected chi connectivity index (χ0v) is 18.6. The smallest absolute Gasteiger partial charge is 0.242 e. The van der Waals surface area contributed by atoms with Crippen molar-refractivity contribution in [2.24, 2.45) is 4.99 Å². The molecule has 0 radical (unpaired) electrons. The van der Waals surface area contributed by atoms with E-state index in [4.69, 9.17) is 11.6 Å². The zero-order valence-electron chi connectivity index (χ0n) is 15.5. The molecule has 0 spiro atoms. The Hall–Kier alpha value is -1.02. The molecule has 0 fully saturated rings. The Morgan fingerprint density at radius 3 is 2.48 bits per heavy atom. The molecular weight excluding hydrogens is 451 g/mol. The number of benzene rings is 1. The van der Waals surface area contributed by atoms with Crippen LogP contribution >= 0.6 is 35.6 Å². The van der Waals surface area contributed by atoms with Gasteiger partial charge in [0.05, 0.1) is 0 Å². The van der Waals surface area contributed by atoms with Crippen LogP contribution in [-0.2, 0) is 11.2 Å². The predicted molar refractivity (Wildman–Crippen MR) is 117 cm³/mol. The maximum atomic E-state index is 11.8. The van der Waals surface area contributed by atoms with E-state index in [-0.39, 0.29) is 42.0 Å². The number of carbonyl (C=O) groups excluding carboxylic acids is 1. The number of amides is 1. The number of rotatable bonds is 7. The first-order valence-electron chi connectivity index (χ1n) is 8.38. The van der Waals surface area contributed by atoms with Crippen molar-refractivity contribution in [3.8, 4) is 0 Å². The molecule has 1 amide bonds. The fraction of sp³-hybridized carbons (Fsp3) is 0.556. The van der Waals surface area contributed by atoms with Crippen molar-refractivity contribution in [2.45, 2.75) is 46.1 Å². The van der Waals surface area contributed by atoms with Crippen LogP contribution in [0.1, 0.15) is 39.7 Å². The molecule has 1 aromatic carbocycles. The van der Waals surface area contributed by atoms with Gasteiger partial charge < -0.3 is 16.0 Å². The first kappa shape index (κ1) is 24.0. The molecule has 3 N–H and O–H groups in total. The normalized spacial score (nSPS) is 11.5. The fourth-order valence-electron chi connectivity index (χ4n) is 2.14. The van der Waals surface area contributed by atoms with Gasteiger partial charge in [-0.3, -0.25) is 4.79 Å². The number of carbonyl (C=O) groups is 1. The van der Waals surface area contributed by atoms with Gasteiger partial charge in [0.25, 0.3) is 0 Å². The van der Waals surface area contributed by atoms with E-state index >= 15 is 0 Å². The van der Waals surface area contributed by atoms with Gasteiger partial charge in [-0.1, -0.05) is 29.8 Å². The van der Waals surface area contributed by atoms with Crippen LogP contribution in [-0.4, -0.2) is 37.0 Å². The van der Waals surface area contributed by atoms with Crippen molar-refractivity contribution >= 4 is 47.4 Å². The van der Waals surface area contributed by atoms with Crippen molar-refractivity contribution in [1.29, 1.82) is 0 Å². The van der Waals surface area contributed by atoms with Gasteiger partial charge in [0.15, 0.2) is 5.96 Å². The number of nitrogens with one attached hydrogen (secondary N) is 3. The van der Waals surface area contributed by atoms with Crippen LogP contribution in [0.25, 0.3) is 0 Å². The van der Waals surface area contributed by atoms with Crippen molar-refractivity contribution in [2.75, 3.05) is 19.6 Å². The van der Waals surface area contributed by atoms with E-state index in [9.17, 15) is 4.79 Å². The molecule has 142 valence electrons. The molecule has 0 aliphatic rings. The van der Waals surface area contributed by atoms with Crippen LogP contribution in [0.2, 0.25) is 5.02 Å². The number of hydrogen-bond donors (Lipinski definition) is 3. The van der Waals surface area contributed by atoms with Crippen LogP contribution in [0.3, 0.4) is 0 Å². The summed E-state index contributed by atoms with van der Waals surface area (Å²) in [5, 5.41) is 10.1. The lowest BCUT2D eigenvalue weighted by Gasteiger charge is -2.20. The molecule has 0 aliphatic carbocycles. The first-order chi connectivity index (χ1) is 11.3. The molecule has 7 heteroatoms. The topological polar surface area (TPSA) is 65.5 Å². The third kappa shape index (κ3) is 11.3. The molecule has 0 unspecified atom stereocenters. The molecule has 5 nitrogen and oxygen atoms in total. The highest BCUT2D eigenvalue weighted by molar-refractivity contribution is 14.0. The lowest BCUT2D eigenvalue weighted by Crippen LogP contribution is -2.43. The Kier molecular flexibility index (Phi) is 11.8. The predicted octanol–water partition coefficient (Wildman–Crippen LogP) is 3.36. The highest BCUT2D eigenvalue weighted by Gasteiger charge is 2.13. The highest BCUT2D eigenvalue weighted by Crippen LogP contribution is 2.16. The Balaban J connectivity index is 0.00000576. The van der Waals surface area contributed by atoms with Gasteiger partial charge in [-0.05, 0) is 52.2 Å². The monoisotopic (exact) mass is 480 g/mol. The number of aliphatic imine (C=N–C) groups is 1. The maximum Gasteiger partial charge on any atom is 0.242 e. The largest absolute Gasteiger partial charge is 0.357 e. The molecule has 0 saturated heterocycles. The summed E-state index contributed by atoms with van der Waals surface area (Å²) in [7, 11) is 0. The quantitative estimate of drug-likeness (QED) is 0.243. The van der Waals surface area contributed by atoms with Crippen LogP contribution in [0.15, 0.2) is 29.3 Å². The van der Waals surface area contributed by atoms with E-state index < -0.39 is 0 Å². The Labute approximate surface area is 173 Å². The summed E-state index contributed by atoms with van der Waals surface area (Å²) < 4.78 is 0. The van der Waals surface area contributed by atoms with Crippen molar-refractivity contribution in [3.63, 3.8) is 0 Å². The summed E-state index contributed by atoms with van der Waals surface area (Å²) in [4.78, 5) is 16.1. The van der Waals surface area contributed by atoms with Crippen molar-refractivity contribution in [3.05, 3.63) is 34.9 Å². The summed E-state index contributed by atoms with van der Waals surface area (Å²) in [6.07, 6.45) is 1.83.